The fourth-order valence-electron chi connectivity index (χ4n) is 3.49. The minimum atomic E-state index is 0.127. The molecule has 0 unspecified atom stereocenters. The molecule has 2 heterocycles. The molecule has 0 atom stereocenters. The van der Waals surface area contributed by atoms with Gasteiger partial charge in [-0.3, -0.25) is 5.43 Å². The Labute approximate surface area is 168 Å². The van der Waals surface area contributed by atoms with Crippen molar-refractivity contribution in [2.24, 2.45) is 5.10 Å². The van der Waals surface area contributed by atoms with Crippen molar-refractivity contribution in [2.45, 2.75) is 46.0 Å². The highest BCUT2D eigenvalue weighted by Gasteiger charge is 2.20. The van der Waals surface area contributed by atoms with Gasteiger partial charge in [0.1, 0.15) is 10.7 Å². The zero-order valence-electron chi connectivity index (χ0n) is 16.2. The Morgan fingerprint density at radius 1 is 1.25 bits per heavy atom. The number of aryl methyl sites for hydroxylation is 3. The van der Waals surface area contributed by atoms with Crippen LogP contribution in [0.2, 0.25) is 0 Å². The van der Waals surface area contributed by atoms with Crippen LogP contribution in [-0.4, -0.2) is 27.9 Å². The first-order chi connectivity index (χ1) is 13.7. The molecule has 0 spiro atoms. The van der Waals surface area contributed by atoms with Crippen LogP contribution in [0.5, 0.6) is 11.5 Å². The predicted octanol–water partition coefficient (Wildman–Crippen LogP) is 4.68. The number of hydrogen-bond donors (Lipinski definition) is 2. The number of benzene rings is 1. The first-order valence-electron chi connectivity index (χ1n) is 9.75. The lowest BCUT2D eigenvalue weighted by Crippen LogP contribution is -2.03. The lowest BCUT2D eigenvalue weighted by atomic mass is 9.97. The maximum absolute atomic E-state index is 9.83. The lowest BCUT2D eigenvalue weighted by molar-refractivity contribution is 0.318. The van der Waals surface area contributed by atoms with Crippen LogP contribution in [0.1, 0.15) is 48.5 Å². The van der Waals surface area contributed by atoms with Crippen molar-refractivity contribution < 1.29 is 9.84 Å². The second-order valence-corrected chi connectivity index (χ2v) is 7.85. The van der Waals surface area contributed by atoms with Gasteiger partial charge in [0.15, 0.2) is 17.3 Å². The van der Waals surface area contributed by atoms with Gasteiger partial charge in [0.05, 0.1) is 18.2 Å². The highest BCUT2D eigenvalue weighted by Crippen LogP contribution is 2.38. The summed E-state index contributed by atoms with van der Waals surface area (Å²) in [6.07, 6.45) is 7.17. The van der Waals surface area contributed by atoms with Crippen LogP contribution in [0.25, 0.3) is 10.2 Å². The molecule has 1 aliphatic carbocycles. The van der Waals surface area contributed by atoms with Gasteiger partial charge >= 0.3 is 0 Å². The number of hydrogen-bond acceptors (Lipinski definition) is 7. The molecular weight excluding hydrogens is 372 g/mol. The van der Waals surface area contributed by atoms with Crippen molar-refractivity contribution >= 4 is 33.6 Å². The lowest BCUT2D eigenvalue weighted by Gasteiger charge is -2.11. The average Bonchev–Trinajstić information content (AvgIpc) is 3.09. The summed E-state index contributed by atoms with van der Waals surface area (Å²) >= 11 is 1.79. The largest absolute Gasteiger partial charge is 0.504 e. The van der Waals surface area contributed by atoms with Gasteiger partial charge in [-0.05, 0) is 61.9 Å². The van der Waals surface area contributed by atoms with Crippen LogP contribution < -0.4 is 10.2 Å². The zero-order valence-corrected chi connectivity index (χ0v) is 17.0. The molecule has 0 saturated carbocycles. The third kappa shape index (κ3) is 3.67. The summed E-state index contributed by atoms with van der Waals surface area (Å²) in [7, 11) is 0. The van der Waals surface area contributed by atoms with E-state index in [1.54, 1.807) is 35.8 Å². The van der Waals surface area contributed by atoms with Gasteiger partial charge < -0.3 is 9.84 Å². The monoisotopic (exact) mass is 396 g/mol. The second-order valence-electron chi connectivity index (χ2n) is 6.76. The molecule has 28 heavy (non-hydrogen) atoms. The fraction of sp³-hybridized carbons (Fsp3) is 0.381. The Morgan fingerprint density at radius 2 is 2.11 bits per heavy atom. The second kappa shape index (κ2) is 8.14. The molecule has 1 aliphatic rings. The van der Waals surface area contributed by atoms with Crippen LogP contribution in [0.4, 0.5) is 5.82 Å². The van der Waals surface area contributed by atoms with E-state index in [2.05, 4.69) is 17.5 Å². The predicted molar refractivity (Wildman–Crippen MR) is 114 cm³/mol. The minimum Gasteiger partial charge on any atom is -0.504 e. The van der Waals surface area contributed by atoms with Crippen LogP contribution in [0, 0.1) is 0 Å². The number of anilines is 1. The fourth-order valence-corrected chi connectivity index (χ4v) is 4.77. The Morgan fingerprint density at radius 3 is 2.93 bits per heavy atom. The number of phenolic OH excluding ortho intramolecular Hbond substituents is 1. The van der Waals surface area contributed by atoms with Crippen molar-refractivity contribution in [2.75, 3.05) is 12.0 Å². The summed E-state index contributed by atoms with van der Waals surface area (Å²) in [6, 6.07) is 5.17. The van der Waals surface area contributed by atoms with Gasteiger partial charge in [-0.2, -0.15) is 5.10 Å². The summed E-state index contributed by atoms with van der Waals surface area (Å²) in [6.45, 7) is 4.44. The number of phenols is 1. The van der Waals surface area contributed by atoms with E-state index in [-0.39, 0.29) is 5.75 Å². The molecule has 2 N–H and O–H groups in total. The summed E-state index contributed by atoms with van der Waals surface area (Å²) in [5.74, 6) is 2.19. The van der Waals surface area contributed by atoms with Gasteiger partial charge in [0, 0.05) is 11.3 Å². The molecule has 4 rings (SSSR count). The number of aromatic hydroxyl groups is 1. The van der Waals surface area contributed by atoms with Gasteiger partial charge in [0.2, 0.25) is 0 Å². The van der Waals surface area contributed by atoms with Crippen molar-refractivity contribution in [1.82, 2.24) is 9.97 Å². The number of thiophene rings is 1. The normalized spacial score (nSPS) is 13.8. The number of rotatable bonds is 6. The van der Waals surface area contributed by atoms with Gasteiger partial charge in [-0.15, -0.1) is 11.3 Å². The number of nitrogens with one attached hydrogen (secondary N) is 1. The minimum absolute atomic E-state index is 0.127. The van der Waals surface area contributed by atoms with Crippen molar-refractivity contribution in [3.63, 3.8) is 0 Å². The van der Waals surface area contributed by atoms with E-state index in [0.717, 1.165) is 46.7 Å². The third-order valence-electron chi connectivity index (χ3n) is 4.84. The maximum Gasteiger partial charge on any atom is 0.161 e. The Balaban J connectivity index is 1.65. The Hall–Kier alpha value is -2.67. The summed E-state index contributed by atoms with van der Waals surface area (Å²) in [5, 5.41) is 15.4. The highest BCUT2D eigenvalue weighted by molar-refractivity contribution is 7.19. The van der Waals surface area contributed by atoms with E-state index in [1.165, 1.54) is 23.3 Å². The van der Waals surface area contributed by atoms with Crippen LogP contribution in [-0.2, 0) is 19.3 Å². The van der Waals surface area contributed by atoms with Crippen LogP contribution in [0.15, 0.2) is 23.3 Å². The van der Waals surface area contributed by atoms with E-state index in [4.69, 9.17) is 14.7 Å². The Kier molecular flexibility index (Phi) is 5.43. The first kappa shape index (κ1) is 18.7. The highest BCUT2D eigenvalue weighted by atomic mass is 32.1. The standard InChI is InChI=1S/C21H24N4O2S/c1-3-18-23-20(19-14-7-5-6-8-17(14)28-21(19)24-18)25-22-12-13-9-10-15(26)16(11-13)27-4-2/h9-12,26H,3-8H2,1-2H3,(H,23,24,25). The molecule has 0 fully saturated rings. The van der Waals surface area contributed by atoms with Gasteiger partial charge in [0.25, 0.3) is 0 Å². The smallest absolute Gasteiger partial charge is 0.161 e. The molecule has 2 aromatic heterocycles. The van der Waals surface area contributed by atoms with E-state index in [9.17, 15) is 5.11 Å². The molecule has 3 aromatic rings. The quantitative estimate of drug-likeness (QED) is 0.467. The number of nitrogens with zero attached hydrogens (tertiary/aromatic N) is 3. The zero-order chi connectivity index (χ0) is 19.5. The number of ether oxygens (including phenoxy) is 1. The van der Waals surface area contributed by atoms with E-state index >= 15 is 0 Å². The summed E-state index contributed by atoms with van der Waals surface area (Å²) < 4.78 is 5.43. The van der Waals surface area contributed by atoms with Gasteiger partial charge in [-0.1, -0.05) is 6.92 Å². The molecule has 0 radical (unpaired) electrons. The molecule has 0 saturated heterocycles. The summed E-state index contributed by atoms with van der Waals surface area (Å²) in [5.41, 5.74) is 5.35. The topological polar surface area (TPSA) is 79.6 Å². The van der Waals surface area contributed by atoms with Crippen LogP contribution in [0.3, 0.4) is 0 Å². The van der Waals surface area contributed by atoms with E-state index in [0.29, 0.717) is 12.4 Å². The molecule has 1 aromatic carbocycles. The van der Waals surface area contributed by atoms with E-state index in [1.807, 2.05) is 6.92 Å². The Bertz CT molecular complexity index is 1030. The van der Waals surface area contributed by atoms with Crippen LogP contribution >= 0.6 is 11.3 Å². The first-order valence-corrected chi connectivity index (χ1v) is 10.6. The average molecular weight is 397 g/mol. The molecule has 0 bridgehead atoms. The molecule has 0 amide bonds. The summed E-state index contributed by atoms with van der Waals surface area (Å²) in [4.78, 5) is 11.9. The molecule has 146 valence electrons. The molecular formula is C21H24N4O2S. The third-order valence-corrected chi connectivity index (χ3v) is 6.03. The SMILES string of the molecule is CCOc1cc(C=NNc2nc(CC)nc3sc4c(c23)CCCC4)ccc1O. The van der Waals surface area contributed by atoms with Crippen molar-refractivity contribution in [1.29, 1.82) is 0 Å². The van der Waals surface area contributed by atoms with Crippen molar-refractivity contribution in [3.8, 4) is 11.5 Å². The number of hydrazone groups is 1. The molecule has 7 heteroatoms. The number of fused-ring (bicyclic) bond motifs is 3. The van der Waals surface area contributed by atoms with Crippen molar-refractivity contribution in [3.05, 3.63) is 40.0 Å². The maximum atomic E-state index is 9.83. The van der Waals surface area contributed by atoms with E-state index < -0.39 is 0 Å². The molecule has 0 aliphatic heterocycles. The molecule has 6 nitrogen and oxygen atoms in total. The number of aromatic nitrogens is 2. The van der Waals surface area contributed by atoms with Gasteiger partial charge in [-0.25, -0.2) is 9.97 Å².